The van der Waals surface area contributed by atoms with Crippen LogP contribution >= 0.6 is 11.6 Å². The van der Waals surface area contributed by atoms with Crippen molar-refractivity contribution in [3.63, 3.8) is 0 Å². The van der Waals surface area contributed by atoms with E-state index in [2.05, 4.69) is 10.6 Å². The molecule has 2 unspecified atom stereocenters. The fourth-order valence-electron chi connectivity index (χ4n) is 2.26. The molecule has 7 heteroatoms. The lowest BCUT2D eigenvalue weighted by Crippen LogP contribution is -2.35. The van der Waals surface area contributed by atoms with E-state index < -0.39 is 0 Å². The van der Waals surface area contributed by atoms with Crippen molar-refractivity contribution in [2.75, 3.05) is 33.2 Å². The van der Waals surface area contributed by atoms with E-state index in [1.54, 1.807) is 19.2 Å². The molecule has 0 radical (unpaired) electrons. The topological polar surface area (TPSA) is 68.8 Å². The highest BCUT2D eigenvalue weighted by Crippen LogP contribution is 2.36. The minimum atomic E-state index is -0.291. The summed E-state index contributed by atoms with van der Waals surface area (Å²) in [7, 11) is 4.68. The van der Waals surface area contributed by atoms with Crippen LogP contribution in [0, 0.1) is 0 Å². The molecule has 1 saturated heterocycles. The van der Waals surface area contributed by atoms with Crippen molar-refractivity contribution < 1.29 is 19.0 Å². The Morgan fingerprint density at radius 2 is 2.00 bits per heavy atom. The van der Waals surface area contributed by atoms with E-state index in [-0.39, 0.29) is 18.1 Å². The third-order valence-corrected chi connectivity index (χ3v) is 3.77. The first-order valence-corrected chi connectivity index (χ1v) is 6.95. The number of hydrogen-bond acceptors (Lipinski definition) is 5. The average molecular weight is 315 g/mol. The molecule has 6 nitrogen and oxygen atoms in total. The number of methoxy groups -OCH3 is 3. The zero-order chi connectivity index (χ0) is 15.4. The molecule has 0 aliphatic carbocycles. The van der Waals surface area contributed by atoms with Crippen LogP contribution in [0.15, 0.2) is 12.1 Å². The second-order valence-electron chi connectivity index (χ2n) is 4.73. The Bertz CT molecular complexity index is 524. The maximum atomic E-state index is 12.3. The van der Waals surface area contributed by atoms with E-state index in [1.165, 1.54) is 14.2 Å². The van der Waals surface area contributed by atoms with Crippen LogP contribution in [0.25, 0.3) is 0 Å². The smallest absolute Gasteiger partial charge is 0.241 e. The highest BCUT2D eigenvalue weighted by Gasteiger charge is 2.29. The maximum Gasteiger partial charge on any atom is 0.241 e. The summed E-state index contributed by atoms with van der Waals surface area (Å²) >= 11 is 6.08. The standard InChI is InChI=1S/C14H19ClN2O4/c1-19-8-4-11(16-7-8)14(18)17-10-5-9(15)12(20-2)6-13(10)21-3/h5-6,8,11,16H,4,7H2,1-3H3,(H,17,18). The minimum Gasteiger partial charge on any atom is -0.495 e. The average Bonchev–Trinajstić information content (AvgIpc) is 2.96. The fourth-order valence-corrected chi connectivity index (χ4v) is 2.50. The van der Waals surface area contributed by atoms with Gasteiger partial charge in [-0.25, -0.2) is 0 Å². The van der Waals surface area contributed by atoms with Crippen molar-refractivity contribution in [2.24, 2.45) is 0 Å². The van der Waals surface area contributed by atoms with Gasteiger partial charge in [0.05, 0.1) is 37.1 Å². The first-order valence-electron chi connectivity index (χ1n) is 6.57. The molecule has 2 rings (SSSR count). The summed E-state index contributed by atoms with van der Waals surface area (Å²) < 4.78 is 15.6. The molecule has 0 bridgehead atoms. The van der Waals surface area contributed by atoms with E-state index in [4.69, 9.17) is 25.8 Å². The monoisotopic (exact) mass is 314 g/mol. The van der Waals surface area contributed by atoms with Crippen LogP contribution in [-0.4, -0.2) is 45.9 Å². The van der Waals surface area contributed by atoms with Crippen LogP contribution in [0.5, 0.6) is 11.5 Å². The fraction of sp³-hybridized carbons (Fsp3) is 0.500. The van der Waals surface area contributed by atoms with Gasteiger partial charge in [-0.15, -0.1) is 0 Å². The number of halogens is 1. The van der Waals surface area contributed by atoms with Crippen LogP contribution in [0.2, 0.25) is 5.02 Å². The van der Waals surface area contributed by atoms with Crippen molar-refractivity contribution >= 4 is 23.2 Å². The molecular formula is C14H19ClN2O4. The predicted molar refractivity (Wildman–Crippen MR) is 80.4 cm³/mol. The van der Waals surface area contributed by atoms with Gasteiger partial charge < -0.3 is 24.8 Å². The number of carbonyl (C=O) groups excluding carboxylic acids is 1. The zero-order valence-corrected chi connectivity index (χ0v) is 13.0. The van der Waals surface area contributed by atoms with Gasteiger partial charge in [-0.1, -0.05) is 11.6 Å². The lowest BCUT2D eigenvalue weighted by molar-refractivity contribution is -0.118. The molecule has 21 heavy (non-hydrogen) atoms. The number of anilines is 1. The Morgan fingerprint density at radius 1 is 1.29 bits per heavy atom. The van der Waals surface area contributed by atoms with Crippen molar-refractivity contribution in [1.82, 2.24) is 5.32 Å². The van der Waals surface area contributed by atoms with Crippen molar-refractivity contribution in [3.05, 3.63) is 17.2 Å². The Hall–Kier alpha value is -1.50. The summed E-state index contributed by atoms with van der Waals surface area (Å²) in [6.45, 7) is 0.662. The summed E-state index contributed by atoms with van der Waals surface area (Å²) in [6, 6.07) is 2.96. The Balaban J connectivity index is 2.12. The molecule has 1 aromatic rings. The summed E-state index contributed by atoms with van der Waals surface area (Å²) in [5.41, 5.74) is 0.510. The SMILES string of the molecule is COc1cc(OC)c(NC(=O)C2CC(OC)CN2)cc1Cl. The van der Waals surface area contributed by atoms with Gasteiger partial charge >= 0.3 is 0 Å². The van der Waals surface area contributed by atoms with Crippen LogP contribution in [0.1, 0.15) is 6.42 Å². The van der Waals surface area contributed by atoms with Gasteiger partial charge in [0.15, 0.2) is 0 Å². The second-order valence-corrected chi connectivity index (χ2v) is 5.14. The molecule has 2 N–H and O–H groups in total. The molecule has 1 heterocycles. The molecule has 0 spiro atoms. The van der Waals surface area contributed by atoms with Crippen LogP contribution < -0.4 is 20.1 Å². The van der Waals surface area contributed by atoms with Crippen LogP contribution in [0.3, 0.4) is 0 Å². The second kappa shape index (κ2) is 6.98. The van der Waals surface area contributed by atoms with Crippen LogP contribution in [0.4, 0.5) is 5.69 Å². The lowest BCUT2D eigenvalue weighted by Gasteiger charge is -2.15. The molecule has 1 aliphatic rings. The molecule has 1 aromatic carbocycles. The van der Waals surface area contributed by atoms with E-state index in [0.717, 1.165) is 0 Å². The number of hydrogen-bond donors (Lipinski definition) is 2. The van der Waals surface area contributed by atoms with E-state index in [9.17, 15) is 4.79 Å². The van der Waals surface area contributed by atoms with E-state index >= 15 is 0 Å². The molecule has 116 valence electrons. The van der Waals surface area contributed by atoms with E-state index in [0.29, 0.717) is 35.2 Å². The van der Waals surface area contributed by atoms with Crippen molar-refractivity contribution in [2.45, 2.75) is 18.6 Å². The Morgan fingerprint density at radius 3 is 2.57 bits per heavy atom. The van der Waals surface area contributed by atoms with Gasteiger partial charge in [0.1, 0.15) is 11.5 Å². The summed E-state index contributed by atoms with van der Waals surface area (Å²) in [5, 5.41) is 6.34. The van der Waals surface area contributed by atoms with Crippen LogP contribution in [-0.2, 0) is 9.53 Å². The number of ether oxygens (including phenoxy) is 3. The maximum absolute atomic E-state index is 12.3. The highest BCUT2D eigenvalue weighted by atomic mass is 35.5. The number of carbonyl (C=O) groups is 1. The summed E-state index contributed by atoms with van der Waals surface area (Å²) in [4.78, 5) is 12.3. The largest absolute Gasteiger partial charge is 0.495 e. The third kappa shape index (κ3) is 3.58. The number of nitrogens with one attached hydrogen (secondary N) is 2. The zero-order valence-electron chi connectivity index (χ0n) is 12.2. The first-order chi connectivity index (χ1) is 10.1. The van der Waals surface area contributed by atoms with Gasteiger partial charge in [-0.05, 0) is 12.5 Å². The van der Waals surface area contributed by atoms with Gasteiger partial charge in [-0.2, -0.15) is 0 Å². The quantitative estimate of drug-likeness (QED) is 0.865. The lowest BCUT2D eigenvalue weighted by atomic mass is 10.2. The highest BCUT2D eigenvalue weighted by molar-refractivity contribution is 6.32. The predicted octanol–water partition coefficient (Wildman–Crippen LogP) is 1.67. The third-order valence-electron chi connectivity index (χ3n) is 3.47. The first kappa shape index (κ1) is 15.9. The molecule has 0 saturated carbocycles. The molecule has 1 amide bonds. The molecule has 1 aliphatic heterocycles. The Labute approximate surface area is 128 Å². The summed E-state index contributed by atoms with van der Waals surface area (Å²) in [6.07, 6.45) is 0.691. The van der Waals surface area contributed by atoms with Crippen molar-refractivity contribution in [3.8, 4) is 11.5 Å². The normalized spacial score (nSPS) is 21.1. The van der Waals surface area contributed by atoms with Gasteiger partial charge in [0.25, 0.3) is 0 Å². The van der Waals surface area contributed by atoms with E-state index in [1.807, 2.05) is 0 Å². The molecular weight excluding hydrogens is 296 g/mol. The van der Waals surface area contributed by atoms with Gasteiger partial charge in [-0.3, -0.25) is 4.79 Å². The van der Waals surface area contributed by atoms with Gasteiger partial charge in [0, 0.05) is 19.7 Å². The molecule has 2 atom stereocenters. The summed E-state index contributed by atoms with van der Waals surface area (Å²) in [5.74, 6) is 0.838. The van der Waals surface area contributed by atoms with Crippen molar-refractivity contribution in [1.29, 1.82) is 0 Å². The number of benzene rings is 1. The number of rotatable bonds is 5. The van der Waals surface area contributed by atoms with Gasteiger partial charge in [0.2, 0.25) is 5.91 Å². The minimum absolute atomic E-state index is 0.0575. The Kier molecular flexibility index (Phi) is 5.27. The number of amides is 1. The molecule has 1 fully saturated rings. The molecule has 0 aromatic heterocycles.